The second-order valence-corrected chi connectivity index (χ2v) is 4.81. The molecule has 3 N–H and O–H groups in total. The number of amides is 2. The number of rotatable bonds is 7. The first-order valence-corrected chi connectivity index (χ1v) is 6.30. The van der Waals surface area contributed by atoms with E-state index in [1.54, 1.807) is 7.05 Å². The van der Waals surface area contributed by atoms with E-state index in [1.807, 2.05) is 6.92 Å². The molecule has 1 unspecified atom stereocenters. The van der Waals surface area contributed by atoms with E-state index in [2.05, 4.69) is 5.32 Å². The lowest BCUT2D eigenvalue weighted by atomic mass is 10.1. The zero-order valence-electron chi connectivity index (χ0n) is 10.7. The van der Waals surface area contributed by atoms with Crippen LogP contribution in [0.5, 0.6) is 0 Å². The molecule has 1 aliphatic rings. The van der Waals surface area contributed by atoms with Crippen molar-refractivity contribution in [3.8, 4) is 0 Å². The lowest BCUT2D eigenvalue weighted by Crippen LogP contribution is -2.41. The summed E-state index contributed by atoms with van der Waals surface area (Å²) in [4.78, 5) is 24.6. The van der Waals surface area contributed by atoms with Gasteiger partial charge in [-0.15, -0.1) is 0 Å². The zero-order valence-corrected chi connectivity index (χ0v) is 10.7. The molecule has 1 atom stereocenters. The summed E-state index contributed by atoms with van der Waals surface area (Å²) in [6, 6.07) is -0.0383. The van der Waals surface area contributed by atoms with Crippen molar-refractivity contribution in [2.75, 3.05) is 20.1 Å². The van der Waals surface area contributed by atoms with Gasteiger partial charge in [-0.1, -0.05) is 6.92 Å². The average Bonchev–Trinajstić information content (AvgIpc) is 3.09. The van der Waals surface area contributed by atoms with E-state index in [4.69, 9.17) is 5.73 Å². The van der Waals surface area contributed by atoms with Crippen LogP contribution in [0, 0.1) is 5.92 Å². The number of nitrogens with one attached hydrogen (secondary N) is 1. The Kier molecular flexibility index (Phi) is 5.41. The Morgan fingerprint density at radius 2 is 2.12 bits per heavy atom. The molecule has 0 aromatic carbocycles. The van der Waals surface area contributed by atoms with Crippen LogP contribution in [0.3, 0.4) is 0 Å². The molecule has 0 bridgehead atoms. The third-order valence-electron chi connectivity index (χ3n) is 3.02. The van der Waals surface area contributed by atoms with Gasteiger partial charge in [-0.3, -0.25) is 9.59 Å². The summed E-state index contributed by atoms with van der Waals surface area (Å²) in [5.41, 5.74) is 5.88. The van der Waals surface area contributed by atoms with Gasteiger partial charge in [0, 0.05) is 26.1 Å². The Morgan fingerprint density at radius 3 is 2.65 bits per heavy atom. The van der Waals surface area contributed by atoms with Crippen molar-refractivity contribution >= 4 is 11.8 Å². The van der Waals surface area contributed by atoms with Crippen molar-refractivity contribution in [3.05, 3.63) is 0 Å². The van der Waals surface area contributed by atoms with E-state index in [9.17, 15) is 9.59 Å². The van der Waals surface area contributed by atoms with Gasteiger partial charge in [-0.05, 0) is 25.2 Å². The largest absolute Gasteiger partial charge is 0.355 e. The standard InChI is InChI=1S/C12H23N3O2/c1-3-6-14-11(16)8-15(2)12(17)7-10(13)9-4-5-9/h9-10H,3-8,13H2,1-2H3,(H,14,16). The van der Waals surface area contributed by atoms with Crippen LogP contribution in [0.15, 0.2) is 0 Å². The van der Waals surface area contributed by atoms with Crippen LogP contribution in [-0.4, -0.2) is 42.9 Å². The summed E-state index contributed by atoms with van der Waals surface area (Å²) in [7, 11) is 1.65. The lowest BCUT2D eigenvalue weighted by molar-refractivity contribution is -0.135. The highest BCUT2D eigenvalue weighted by atomic mass is 16.2. The van der Waals surface area contributed by atoms with Crippen LogP contribution >= 0.6 is 0 Å². The highest BCUT2D eigenvalue weighted by Crippen LogP contribution is 2.32. The van der Waals surface area contributed by atoms with E-state index in [1.165, 1.54) is 4.90 Å². The maximum atomic E-state index is 11.8. The van der Waals surface area contributed by atoms with Gasteiger partial charge >= 0.3 is 0 Å². The Morgan fingerprint density at radius 1 is 1.47 bits per heavy atom. The Balaban J connectivity index is 2.23. The molecule has 0 radical (unpaired) electrons. The molecule has 0 aromatic rings. The quantitative estimate of drug-likeness (QED) is 0.663. The number of carbonyl (C=O) groups is 2. The summed E-state index contributed by atoms with van der Waals surface area (Å²) < 4.78 is 0. The SMILES string of the molecule is CCCNC(=O)CN(C)C(=O)CC(N)C1CC1. The maximum Gasteiger partial charge on any atom is 0.239 e. The molecule has 0 spiro atoms. The van der Waals surface area contributed by atoms with E-state index in [-0.39, 0.29) is 24.4 Å². The predicted molar refractivity (Wildman–Crippen MR) is 66.3 cm³/mol. The zero-order chi connectivity index (χ0) is 12.8. The normalized spacial score (nSPS) is 16.4. The second kappa shape index (κ2) is 6.59. The molecule has 0 aliphatic heterocycles. The van der Waals surface area contributed by atoms with Crippen molar-refractivity contribution in [2.24, 2.45) is 11.7 Å². The van der Waals surface area contributed by atoms with Crippen molar-refractivity contribution in [1.82, 2.24) is 10.2 Å². The molecule has 98 valence electrons. The average molecular weight is 241 g/mol. The number of nitrogens with two attached hydrogens (primary N) is 1. The molecule has 5 heteroatoms. The fourth-order valence-electron chi connectivity index (χ4n) is 1.67. The van der Waals surface area contributed by atoms with Gasteiger partial charge in [-0.2, -0.15) is 0 Å². The van der Waals surface area contributed by atoms with Crippen LogP contribution in [0.2, 0.25) is 0 Å². The van der Waals surface area contributed by atoms with Crippen LogP contribution in [-0.2, 0) is 9.59 Å². The van der Waals surface area contributed by atoms with Gasteiger partial charge < -0.3 is 16.0 Å². The molecule has 17 heavy (non-hydrogen) atoms. The van der Waals surface area contributed by atoms with Crippen LogP contribution < -0.4 is 11.1 Å². The molecule has 1 rings (SSSR count). The van der Waals surface area contributed by atoms with Gasteiger partial charge in [0.2, 0.25) is 11.8 Å². The first kappa shape index (κ1) is 14.0. The van der Waals surface area contributed by atoms with Crippen molar-refractivity contribution in [3.63, 3.8) is 0 Å². The minimum atomic E-state index is -0.109. The molecule has 1 aliphatic carbocycles. The summed E-state index contributed by atoms with van der Waals surface area (Å²) in [6.45, 7) is 2.77. The smallest absolute Gasteiger partial charge is 0.239 e. The second-order valence-electron chi connectivity index (χ2n) is 4.81. The van der Waals surface area contributed by atoms with Crippen LogP contribution in [0.1, 0.15) is 32.6 Å². The summed E-state index contributed by atoms with van der Waals surface area (Å²) in [5, 5.41) is 2.74. The molecule has 0 aromatic heterocycles. The Labute approximate surface area is 103 Å². The minimum Gasteiger partial charge on any atom is -0.355 e. The number of likely N-dealkylation sites (N-methyl/N-ethyl adjacent to an activating group) is 1. The number of hydrogen-bond acceptors (Lipinski definition) is 3. The molecule has 1 fully saturated rings. The Bertz CT molecular complexity index is 277. The van der Waals surface area contributed by atoms with E-state index in [0.717, 1.165) is 19.3 Å². The van der Waals surface area contributed by atoms with Gasteiger partial charge in [0.25, 0.3) is 0 Å². The topological polar surface area (TPSA) is 75.4 Å². The van der Waals surface area contributed by atoms with E-state index in [0.29, 0.717) is 18.9 Å². The fraction of sp³-hybridized carbons (Fsp3) is 0.833. The predicted octanol–water partition coefficient (Wildman–Crippen LogP) is 0.0984. The first-order chi connectivity index (χ1) is 8.04. The fourth-order valence-corrected chi connectivity index (χ4v) is 1.67. The number of nitrogens with zero attached hydrogens (tertiary/aromatic N) is 1. The molecular weight excluding hydrogens is 218 g/mol. The molecule has 2 amide bonds. The summed E-state index contributed by atoms with van der Waals surface area (Å²) in [6.07, 6.45) is 3.52. The third-order valence-corrected chi connectivity index (χ3v) is 3.02. The van der Waals surface area contributed by atoms with Gasteiger partial charge in [-0.25, -0.2) is 0 Å². The lowest BCUT2D eigenvalue weighted by Gasteiger charge is -2.19. The van der Waals surface area contributed by atoms with E-state index < -0.39 is 0 Å². The molecule has 0 saturated heterocycles. The summed E-state index contributed by atoms with van der Waals surface area (Å²) >= 11 is 0. The van der Waals surface area contributed by atoms with Crippen LogP contribution in [0.4, 0.5) is 0 Å². The highest BCUT2D eigenvalue weighted by Gasteiger charge is 2.30. The van der Waals surface area contributed by atoms with Crippen molar-refractivity contribution < 1.29 is 9.59 Å². The van der Waals surface area contributed by atoms with Crippen LogP contribution in [0.25, 0.3) is 0 Å². The van der Waals surface area contributed by atoms with Gasteiger partial charge in [0.05, 0.1) is 6.54 Å². The molecular formula is C12H23N3O2. The molecule has 1 saturated carbocycles. The first-order valence-electron chi connectivity index (χ1n) is 6.30. The van der Waals surface area contributed by atoms with Crippen molar-refractivity contribution in [2.45, 2.75) is 38.6 Å². The van der Waals surface area contributed by atoms with Gasteiger partial charge in [0.1, 0.15) is 0 Å². The minimum absolute atomic E-state index is 0.0383. The summed E-state index contributed by atoms with van der Waals surface area (Å²) in [5.74, 6) is 0.361. The van der Waals surface area contributed by atoms with E-state index >= 15 is 0 Å². The Hall–Kier alpha value is -1.10. The number of carbonyl (C=O) groups excluding carboxylic acids is 2. The number of hydrogen-bond donors (Lipinski definition) is 2. The highest BCUT2D eigenvalue weighted by molar-refractivity contribution is 5.84. The monoisotopic (exact) mass is 241 g/mol. The maximum absolute atomic E-state index is 11.8. The van der Waals surface area contributed by atoms with Gasteiger partial charge in [0.15, 0.2) is 0 Å². The molecule has 5 nitrogen and oxygen atoms in total. The van der Waals surface area contributed by atoms with Crippen molar-refractivity contribution in [1.29, 1.82) is 0 Å². The molecule has 0 heterocycles. The third kappa shape index (κ3) is 5.17.